The highest BCUT2D eigenvalue weighted by atomic mass is 16.5. The third kappa shape index (κ3) is 3.12. The van der Waals surface area contributed by atoms with Crippen LogP contribution in [0.2, 0.25) is 0 Å². The van der Waals surface area contributed by atoms with Gasteiger partial charge in [0.15, 0.2) is 0 Å². The van der Waals surface area contributed by atoms with E-state index in [9.17, 15) is 4.79 Å². The zero-order valence-corrected chi connectivity index (χ0v) is 11.4. The minimum Gasteiger partial charge on any atom is -0.377 e. The van der Waals surface area contributed by atoms with Gasteiger partial charge in [0.2, 0.25) is 0 Å². The number of nitrogens with zero attached hydrogens (tertiary/aromatic N) is 1. The third-order valence-electron chi connectivity index (χ3n) is 3.72. The second kappa shape index (κ2) is 6.14. The normalized spacial score (nSPS) is 22.7. The molecule has 104 valence electrons. The average Bonchev–Trinajstić information content (AvgIpc) is 2.85. The fraction of sp³-hybridized carbons (Fsp3) is 0.500. The number of ether oxygens (including phenoxy) is 1. The number of carbonyl (C=O) groups is 1. The van der Waals surface area contributed by atoms with Gasteiger partial charge in [-0.25, -0.2) is 5.84 Å². The number of amides is 1. The second-order valence-corrected chi connectivity index (χ2v) is 4.98. The molecule has 1 aromatic carbocycles. The van der Waals surface area contributed by atoms with Gasteiger partial charge in [0.05, 0.1) is 6.10 Å². The predicted molar refractivity (Wildman–Crippen MR) is 73.4 cm³/mol. The monoisotopic (exact) mass is 263 g/mol. The lowest BCUT2D eigenvalue weighted by atomic mass is 10.0. The first-order valence-corrected chi connectivity index (χ1v) is 6.54. The molecule has 3 N–H and O–H groups in total. The number of nitrogens with one attached hydrogen (secondary N) is 1. The SMILES string of the molecule is CC1OCCC1N(C)Cc1ccccc1C(=O)NN. The largest absolute Gasteiger partial charge is 0.377 e. The molecule has 5 nitrogen and oxygen atoms in total. The lowest BCUT2D eigenvalue weighted by Crippen LogP contribution is -2.37. The predicted octanol–water partition coefficient (Wildman–Crippen LogP) is 0.899. The van der Waals surface area contributed by atoms with Crippen molar-refractivity contribution >= 4 is 5.91 Å². The van der Waals surface area contributed by atoms with E-state index in [1.807, 2.05) is 18.2 Å². The molecule has 1 aliphatic rings. The van der Waals surface area contributed by atoms with E-state index in [-0.39, 0.29) is 12.0 Å². The van der Waals surface area contributed by atoms with Crippen molar-refractivity contribution < 1.29 is 9.53 Å². The van der Waals surface area contributed by atoms with Crippen molar-refractivity contribution in [2.24, 2.45) is 5.84 Å². The van der Waals surface area contributed by atoms with E-state index in [1.165, 1.54) is 0 Å². The second-order valence-electron chi connectivity index (χ2n) is 4.98. The highest BCUT2D eigenvalue weighted by molar-refractivity contribution is 5.95. The Balaban J connectivity index is 2.12. The molecule has 19 heavy (non-hydrogen) atoms. The number of hydrazine groups is 1. The lowest BCUT2D eigenvalue weighted by molar-refractivity contribution is 0.0811. The van der Waals surface area contributed by atoms with Gasteiger partial charge >= 0.3 is 0 Å². The molecule has 0 saturated carbocycles. The summed E-state index contributed by atoms with van der Waals surface area (Å²) >= 11 is 0. The maximum Gasteiger partial charge on any atom is 0.265 e. The minimum absolute atomic E-state index is 0.237. The first-order chi connectivity index (χ1) is 9.13. The molecule has 0 aliphatic carbocycles. The van der Waals surface area contributed by atoms with Crippen molar-refractivity contribution in [1.29, 1.82) is 0 Å². The Labute approximate surface area is 113 Å². The molecule has 0 aromatic heterocycles. The third-order valence-corrected chi connectivity index (χ3v) is 3.72. The zero-order chi connectivity index (χ0) is 13.8. The highest BCUT2D eigenvalue weighted by Crippen LogP contribution is 2.21. The Morgan fingerprint density at radius 2 is 2.26 bits per heavy atom. The van der Waals surface area contributed by atoms with Crippen molar-refractivity contribution in [2.75, 3.05) is 13.7 Å². The minimum atomic E-state index is -0.250. The van der Waals surface area contributed by atoms with Gasteiger partial charge in [0.1, 0.15) is 0 Å². The zero-order valence-electron chi connectivity index (χ0n) is 11.4. The highest BCUT2D eigenvalue weighted by Gasteiger charge is 2.28. The van der Waals surface area contributed by atoms with Gasteiger partial charge in [-0.3, -0.25) is 15.1 Å². The van der Waals surface area contributed by atoms with Gasteiger partial charge in [0, 0.05) is 24.8 Å². The summed E-state index contributed by atoms with van der Waals surface area (Å²) in [5.41, 5.74) is 3.80. The number of carbonyl (C=O) groups excluding carboxylic acids is 1. The molecule has 1 saturated heterocycles. The van der Waals surface area contributed by atoms with E-state index < -0.39 is 0 Å². The molecule has 1 heterocycles. The van der Waals surface area contributed by atoms with Crippen LogP contribution in [0.5, 0.6) is 0 Å². The summed E-state index contributed by atoms with van der Waals surface area (Å²) in [5.74, 6) is 4.96. The van der Waals surface area contributed by atoms with Gasteiger partial charge in [0.25, 0.3) is 5.91 Å². The van der Waals surface area contributed by atoms with E-state index in [0.29, 0.717) is 18.2 Å². The van der Waals surface area contributed by atoms with Crippen LogP contribution in [0.25, 0.3) is 0 Å². The first-order valence-electron chi connectivity index (χ1n) is 6.54. The maximum atomic E-state index is 11.7. The molecule has 1 aliphatic heterocycles. The molecule has 1 aromatic rings. The standard InChI is InChI=1S/C14H21N3O2/c1-10-13(7-8-19-10)17(2)9-11-5-3-4-6-12(11)14(18)16-15/h3-6,10,13H,7-9,15H2,1-2H3,(H,16,18). The molecule has 1 fully saturated rings. The molecule has 0 radical (unpaired) electrons. The number of rotatable bonds is 4. The summed E-state index contributed by atoms with van der Waals surface area (Å²) in [6.45, 7) is 3.61. The van der Waals surface area contributed by atoms with Gasteiger partial charge < -0.3 is 4.74 Å². The van der Waals surface area contributed by atoms with Crippen LogP contribution in [0, 0.1) is 0 Å². The number of likely N-dealkylation sites (N-methyl/N-ethyl adjacent to an activating group) is 1. The van der Waals surface area contributed by atoms with Crippen LogP contribution in [0.4, 0.5) is 0 Å². The van der Waals surface area contributed by atoms with Crippen molar-refractivity contribution in [2.45, 2.75) is 32.0 Å². The summed E-state index contributed by atoms with van der Waals surface area (Å²) < 4.78 is 5.58. The van der Waals surface area contributed by atoms with Gasteiger partial charge in [-0.15, -0.1) is 0 Å². The number of hydrogen-bond acceptors (Lipinski definition) is 4. The fourth-order valence-corrected chi connectivity index (χ4v) is 2.64. The van der Waals surface area contributed by atoms with Crippen LogP contribution in [-0.4, -0.2) is 36.6 Å². The van der Waals surface area contributed by atoms with Gasteiger partial charge in [-0.05, 0) is 32.0 Å². The number of nitrogen functional groups attached to an aromatic ring is 1. The van der Waals surface area contributed by atoms with Crippen LogP contribution >= 0.6 is 0 Å². The molecule has 0 spiro atoms. The molecule has 0 bridgehead atoms. The fourth-order valence-electron chi connectivity index (χ4n) is 2.64. The number of nitrogens with two attached hydrogens (primary N) is 1. The van der Waals surface area contributed by atoms with Crippen LogP contribution in [0.3, 0.4) is 0 Å². The van der Waals surface area contributed by atoms with Crippen LogP contribution in [0.15, 0.2) is 24.3 Å². The van der Waals surface area contributed by atoms with Crippen molar-refractivity contribution in [3.8, 4) is 0 Å². The van der Waals surface area contributed by atoms with Crippen LogP contribution < -0.4 is 11.3 Å². The Morgan fingerprint density at radius 3 is 2.89 bits per heavy atom. The summed E-state index contributed by atoms with van der Waals surface area (Å²) in [6, 6.07) is 7.93. The quantitative estimate of drug-likeness (QED) is 0.481. The van der Waals surface area contributed by atoms with Crippen molar-refractivity contribution in [1.82, 2.24) is 10.3 Å². The maximum absolute atomic E-state index is 11.7. The summed E-state index contributed by atoms with van der Waals surface area (Å²) in [4.78, 5) is 14.0. The molecule has 5 heteroatoms. The van der Waals surface area contributed by atoms with E-state index in [2.05, 4.69) is 24.3 Å². The van der Waals surface area contributed by atoms with Crippen LogP contribution in [0.1, 0.15) is 29.3 Å². The van der Waals surface area contributed by atoms with Crippen molar-refractivity contribution in [3.63, 3.8) is 0 Å². The van der Waals surface area contributed by atoms with E-state index in [0.717, 1.165) is 18.6 Å². The smallest absolute Gasteiger partial charge is 0.265 e. The van der Waals surface area contributed by atoms with Crippen LogP contribution in [-0.2, 0) is 11.3 Å². The van der Waals surface area contributed by atoms with E-state index >= 15 is 0 Å². The summed E-state index contributed by atoms with van der Waals surface area (Å²) in [6.07, 6.45) is 1.27. The Morgan fingerprint density at radius 1 is 1.53 bits per heavy atom. The average molecular weight is 263 g/mol. The summed E-state index contributed by atoms with van der Waals surface area (Å²) in [5, 5.41) is 0. The molecular formula is C14H21N3O2. The molecule has 2 atom stereocenters. The van der Waals surface area contributed by atoms with E-state index in [4.69, 9.17) is 10.6 Å². The molecule has 2 unspecified atom stereocenters. The lowest BCUT2D eigenvalue weighted by Gasteiger charge is -2.27. The number of benzene rings is 1. The Kier molecular flexibility index (Phi) is 4.52. The molecule has 1 amide bonds. The first kappa shape index (κ1) is 14.0. The Bertz CT molecular complexity index is 450. The Hall–Kier alpha value is -1.43. The topological polar surface area (TPSA) is 67.6 Å². The van der Waals surface area contributed by atoms with Gasteiger partial charge in [-0.1, -0.05) is 18.2 Å². The van der Waals surface area contributed by atoms with Crippen molar-refractivity contribution in [3.05, 3.63) is 35.4 Å². The number of hydrogen-bond donors (Lipinski definition) is 2. The van der Waals surface area contributed by atoms with Gasteiger partial charge in [-0.2, -0.15) is 0 Å². The molecular weight excluding hydrogens is 242 g/mol. The van der Waals surface area contributed by atoms with E-state index in [1.54, 1.807) is 6.07 Å². The molecule has 2 rings (SSSR count). The summed E-state index contributed by atoms with van der Waals surface area (Å²) in [7, 11) is 2.06.